The number of carbonyl (C=O) groups excluding carboxylic acids is 1. The van der Waals surface area contributed by atoms with E-state index in [1.807, 2.05) is 0 Å². The zero-order valence-corrected chi connectivity index (χ0v) is 9.85. The first-order valence-corrected chi connectivity index (χ1v) is 5.31. The Kier molecular flexibility index (Phi) is 3.41. The molecule has 3 nitrogen and oxygen atoms in total. The van der Waals surface area contributed by atoms with Crippen LogP contribution in [0.15, 0.2) is 0 Å². The zero-order chi connectivity index (χ0) is 12.6. The molecule has 0 aromatic rings. The van der Waals surface area contributed by atoms with Crippen molar-refractivity contribution in [3.8, 4) is 0 Å². The number of halogens is 2. The molecular formula is C11H18F2O3. The first-order chi connectivity index (χ1) is 7.13. The quantitative estimate of drug-likeness (QED) is 0.795. The second-order valence-corrected chi connectivity index (χ2v) is 5.38. The summed E-state index contributed by atoms with van der Waals surface area (Å²) in [5, 5.41) is 9.25. The second-order valence-electron chi connectivity index (χ2n) is 5.38. The van der Waals surface area contributed by atoms with Crippen LogP contribution in [0.5, 0.6) is 0 Å². The Hall–Kier alpha value is -0.550. The Morgan fingerprint density at radius 1 is 1.38 bits per heavy atom. The summed E-state index contributed by atoms with van der Waals surface area (Å²) < 4.78 is 30.8. The SMILES string of the molecule is CC(C)(C)C(=O)C1(CO)CCC(F)(F)CO1. The molecule has 5 heteroatoms. The van der Waals surface area contributed by atoms with Gasteiger partial charge in [0.15, 0.2) is 5.78 Å². The van der Waals surface area contributed by atoms with Gasteiger partial charge in [0, 0.05) is 11.8 Å². The largest absolute Gasteiger partial charge is 0.393 e. The van der Waals surface area contributed by atoms with Crippen LogP contribution in [0.2, 0.25) is 0 Å². The van der Waals surface area contributed by atoms with E-state index in [0.29, 0.717) is 0 Å². The van der Waals surface area contributed by atoms with Crippen LogP contribution in [-0.2, 0) is 9.53 Å². The van der Waals surface area contributed by atoms with Gasteiger partial charge in [0.05, 0.1) is 6.61 Å². The van der Waals surface area contributed by atoms with Crippen LogP contribution in [0, 0.1) is 5.41 Å². The van der Waals surface area contributed by atoms with Crippen LogP contribution in [0.25, 0.3) is 0 Å². The number of alkyl halides is 2. The third-order valence-corrected chi connectivity index (χ3v) is 2.80. The van der Waals surface area contributed by atoms with E-state index in [2.05, 4.69) is 0 Å². The highest BCUT2D eigenvalue weighted by Gasteiger charge is 2.51. The minimum atomic E-state index is -2.89. The summed E-state index contributed by atoms with van der Waals surface area (Å²) in [6.07, 6.45) is -0.554. The molecule has 0 aromatic heterocycles. The van der Waals surface area contributed by atoms with E-state index >= 15 is 0 Å². The summed E-state index contributed by atoms with van der Waals surface area (Å²) in [6.45, 7) is 3.71. The van der Waals surface area contributed by atoms with Gasteiger partial charge in [-0.05, 0) is 6.42 Å². The highest BCUT2D eigenvalue weighted by Crippen LogP contribution is 2.38. The molecule has 1 N–H and O–H groups in total. The maximum absolute atomic E-state index is 12.9. The maximum Gasteiger partial charge on any atom is 0.271 e. The van der Waals surface area contributed by atoms with Crippen molar-refractivity contribution in [2.75, 3.05) is 13.2 Å². The van der Waals surface area contributed by atoms with Gasteiger partial charge in [0.25, 0.3) is 5.92 Å². The Bertz CT molecular complexity index is 271. The van der Waals surface area contributed by atoms with E-state index in [4.69, 9.17) is 4.74 Å². The Morgan fingerprint density at radius 3 is 2.25 bits per heavy atom. The lowest BCUT2D eigenvalue weighted by atomic mass is 9.77. The monoisotopic (exact) mass is 236 g/mol. The van der Waals surface area contributed by atoms with Crippen molar-refractivity contribution in [1.29, 1.82) is 0 Å². The molecule has 1 atom stereocenters. The summed E-state index contributed by atoms with van der Waals surface area (Å²) in [5.74, 6) is -3.21. The van der Waals surface area contributed by atoms with Crippen LogP contribution >= 0.6 is 0 Å². The van der Waals surface area contributed by atoms with Crippen LogP contribution in [0.4, 0.5) is 8.78 Å². The van der Waals surface area contributed by atoms with Gasteiger partial charge in [-0.15, -0.1) is 0 Å². The normalized spacial score (nSPS) is 30.1. The lowest BCUT2D eigenvalue weighted by molar-refractivity contribution is -0.206. The molecule has 0 bridgehead atoms. The van der Waals surface area contributed by atoms with E-state index < -0.39 is 36.6 Å². The molecule has 0 aliphatic carbocycles. The molecule has 1 aliphatic heterocycles. The van der Waals surface area contributed by atoms with Gasteiger partial charge in [0.2, 0.25) is 0 Å². The smallest absolute Gasteiger partial charge is 0.271 e. The molecule has 0 amide bonds. The summed E-state index contributed by atoms with van der Waals surface area (Å²) >= 11 is 0. The van der Waals surface area contributed by atoms with E-state index in [9.17, 15) is 18.7 Å². The molecule has 1 rings (SSSR count). The van der Waals surface area contributed by atoms with E-state index in [-0.39, 0.29) is 12.2 Å². The molecule has 1 aliphatic rings. The van der Waals surface area contributed by atoms with E-state index in [0.717, 1.165) is 0 Å². The van der Waals surface area contributed by atoms with Crippen LogP contribution in [0.1, 0.15) is 33.6 Å². The third-order valence-electron chi connectivity index (χ3n) is 2.80. The molecule has 0 saturated carbocycles. The standard InChI is InChI=1S/C11H18F2O3/c1-9(2,3)8(15)10(6-14)4-5-11(12,13)7-16-10/h14H,4-7H2,1-3H3. The van der Waals surface area contributed by atoms with Crippen molar-refractivity contribution >= 4 is 5.78 Å². The fourth-order valence-electron chi connectivity index (χ4n) is 1.83. The highest BCUT2D eigenvalue weighted by atomic mass is 19.3. The topological polar surface area (TPSA) is 46.5 Å². The molecule has 1 unspecified atom stereocenters. The van der Waals surface area contributed by atoms with Gasteiger partial charge in [-0.3, -0.25) is 4.79 Å². The number of carbonyl (C=O) groups is 1. The Balaban J connectivity index is 2.86. The van der Waals surface area contributed by atoms with Gasteiger partial charge in [0.1, 0.15) is 12.2 Å². The summed E-state index contributed by atoms with van der Waals surface area (Å²) in [5.41, 5.74) is -2.16. The van der Waals surface area contributed by atoms with Crippen molar-refractivity contribution in [2.45, 2.75) is 45.1 Å². The fraction of sp³-hybridized carbons (Fsp3) is 0.909. The van der Waals surface area contributed by atoms with E-state index in [1.165, 1.54) is 0 Å². The number of aliphatic hydroxyl groups excluding tert-OH is 1. The highest BCUT2D eigenvalue weighted by molar-refractivity contribution is 5.92. The molecule has 94 valence electrons. The minimum absolute atomic E-state index is 0.132. The summed E-state index contributed by atoms with van der Waals surface area (Å²) in [6, 6.07) is 0. The molecule has 0 spiro atoms. The van der Waals surface area contributed by atoms with Crippen LogP contribution < -0.4 is 0 Å². The molecule has 1 heterocycles. The van der Waals surface area contributed by atoms with Gasteiger partial charge in [-0.25, -0.2) is 8.78 Å². The molecule has 0 aromatic carbocycles. The average Bonchev–Trinajstić information content (AvgIpc) is 2.17. The summed E-state index contributed by atoms with van der Waals surface area (Å²) in [4.78, 5) is 12.1. The van der Waals surface area contributed by atoms with Gasteiger partial charge in [-0.1, -0.05) is 20.8 Å². The van der Waals surface area contributed by atoms with Crippen molar-refractivity contribution in [3.05, 3.63) is 0 Å². The van der Waals surface area contributed by atoms with E-state index in [1.54, 1.807) is 20.8 Å². The maximum atomic E-state index is 12.9. The molecular weight excluding hydrogens is 218 g/mol. The van der Waals surface area contributed by atoms with Crippen LogP contribution in [0.3, 0.4) is 0 Å². The lowest BCUT2D eigenvalue weighted by Gasteiger charge is -2.40. The lowest BCUT2D eigenvalue weighted by Crippen LogP contribution is -2.55. The zero-order valence-electron chi connectivity index (χ0n) is 9.85. The number of aliphatic hydroxyl groups is 1. The number of hydrogen-bond acceptors (Lipinski definition) is 3. The number of ether oxygens (including phenoxy) is 1. The van der Waals surface area contributed by atoms with Crippen LogP contribution in [-0.4, -0.2) is 35.6 Å². The Morgan fingerprint density at radius 2 is 1.94 bits per heavy atom. The number of rotatable bonds is 2. The molecule has 16 heavy (non-hydrogen) atoms. The van der Waals surface area contributed by atoms with Gasteiger partial charge in [-0.2, -0.15) is 0 Å². The van der Waals surface area contributed by atoms with Gasteiger partial charge >= 0.3 is 0 Å². The first kappa shape index (κ1) is 13.5. The van der Waals surface area contributed by atoms with Gasteiger partial charge < -0.3 is 9.84 Å². The third kappa shape index (κ3) is 2.58. The van der Waals surface area contributed by atoms with Crippen molar-refractivity contribution in [3.63, 3.8) is 0 Å². The Labute approximate surface area is 93.8 Å². The predicted octanol–water partition coefficient (Wildman–Crippen LogP) is 1.78. The minimum Gasteiger partial charge on any atom is -0.393 e. The van der Waals surface area contributed by atoms with Crippen molar-refractivity contribution in [1.82, 2.24) is 0 Å². The fourth-order valence-corrected chi connectivity index (χ4v) is 1.83. The van der Waals surface area contributed by atoms with Crippen molar-refractivity contribution < 1.29 is 23.4 Å². The summed E-state index contributed by atoms with van der Waals surface area (Å²) in [7, 11) is 0. The number of ketones is 1. The molecule has 1 saturated heterocycles. The second kappa shape index (κ2) is 4.04. The predicted molar refractivity (Wildman–Crippen MR) is 54.4 cm³/mol. The molecule has 0 radical (unpaired) electrons. The number of hydrogen-bond donors (Lipinski definition) is 1. The molecule has 1 fully saturated rings. The first-order valence-electron chi connectivity index (χ1n) is 5.31. The average molecular weight is 236 g/mol. The number of Topliss-reactive ketones (excluding diaryl/α,β-unsaturated/α-hetero) is 1. The van der Waals surface area contributed by atoms with Crippen molar-refractivity contribution in [2.24, 2.45) is 5.41 Å².